The van der Waals surface area contributed by atoms with E-state index in [0.717, 1.165) is 12.6 Å². The highest BCUT2D eigenvalue weighted by atomic mass is 32.1. The van der Waals surface area contributed by atoms with E-state index < -0.39 is 0 Å². The molecule has 3 heteroatoms. The molecule has 0 radical (unpaired) electrons. The Balaban J connectivity index is 1.58. The van der Waals surface area contributed by atoms with Crippen molar-refractivity contribution in [1.82, 2.24) is 10.6 Å². The Bertz CT molecular complexity index is 291. The maximum atomic E-state index is 3.63. The first kappa shape index (κ1) is 13.1. The van der Waals surface area contributed by atoms with Crippen LogP contribution in [-0.2, 0) is 6.42 Å². The van der Waals surface area contributed by atoms with E-state index >= 15 is 0 Å². The van der Waals surface area contributed by atoms with Crippen LogP contribution in [-0.4, -0.2) is 25.2 Å². The molecule has 2 unspecified atom stereocenters. The Morgan fingerprint density at radius 2 is 2.47 bits per heavy atom. The molecule has 0 saturated carbocycles. The highest BCUT2D eigenvalue weighted by molar-refractivity contribution is 7.09. The maximum Gasteiger partial charge on any atom is 0.00817 e. The van der Waals surface area contributed by atoms with Gasteiger partial charge < -0.3 is 10.6 Å². The predicted molar refractivity (Wildman–Crippen MR) is 75.7 cm³/mol. The van der Waals surface area contributed by atoms with Crippen molar-refractivity contribution in [2.45, 2.75) is 51.1 Å². The monoisotopic (exact) mass is 252 g/mol. The summed E-state index contributed by atoms with van der Waals surface area (Å²) >= 11 is 1.86. The van der Waals surface area contributed by atoms with Crippen LogP contribution in [0.5, 0.6) is 0 Å². The van der Waals surface area contributed by atoms with Crippen molar-refractivity contribution in [3.05, 3.63) is 22.4 Å². The van der Waals surface area contributed by atoms with Gasteiger partial charge in [0.1, 0.15) is 0 Å². The van der Waals surface area contributed by atoms with E-state index in [1.165, 1.54) is 43.5 Å². The molecule has 0 bridgehead atoms. The average Bonchev–Trinajstić information content (AvgIpc) is 2.83. The van der Waals surface area contributed by atoms with Crippen LogP contribution in [0.25, 0.3) is 0 Å². The van der Waals surface area contributed by atoms with Crippen molar-refractivity contribution in [3.8, 4) is 0 Å². The Labute approximate surface area is 109 Å². The molecule has 17 heavy (non-hydrogen) atoms. The van der Waals surface area contributed by atoms with Gasteiger partial charge in [0.05, 0.1) is 0 Å². The Kier molecular flexibility index (Phi) is 5.49. The predicted octanol–water partition coefficient (Wildman–Crippen LogP) is 2.80. The summed E-state index contributed by atoms with van der Waals surface area (Å²) < 4.78 is 0. The van der Waals surface area contributed by atoms with Gasteiger partial charge in [0.25, 0.3) is 0 Å². The zero-order valence-corrected chi connectivity index (χ0v) is 11.6. The van der Waals surface area contributed by atoms with Crippen molar-refractivity contribution in [2.24, 2.45) is 0 Å². The smallest absolute Gasteiger partial charge is 0.00817 e. The second-order valence-electron chi connectivity index (χ2n) is 5.07. The van der Waals surface area contributed by atoms with Crippen molar-refractivity contribution in [1.29, 1.82) is 0 Å². The Morgan fingerprint density at radius 1 is 1.53 bits per heavy atom. The van der Waals surface area contributed by atoms with Gasteiger partial charge in [-0.15, -0.1) is 11.3 Å². The first-order valence-electron chi connectivity index (χ1n) is 6.84. The van der Waals surface area contributed by atoms with Gasteiger partial charge in [0.15, 0.2) is 0 Å². The molecule has 96 valence electrons. The van der Waals surface area contributed by atoms with Crippen LogP contribution in [0.15, 0.2) is 17.5 Å². The van der Waals surface area contributed by atoms with E-state index in [1.807, 2.05) is 11.3 Å². The summed E-state index contributed by atoms with van der Waals surface area (Å²) in [6, 6.07) is 5.73. The van der Waals surface area contributed by atoms with Gasteiger partial charge in [-0.1, -0.05) is 12.5 Å². The number of rotatable bonds is 6. The molecule has 2 atom stereocenters. The summed E-state index contributed by atoms with van der Waals surface area (Å²) in [5, 5.41) is 9.41. The van der Waals surface area contributed by atoms with E-state index in [4.69, 9.17) is 0 Å². The van der Waals surface area contributed by atoms with Crippen LogP contribution in [0.1, 0.15) is 37.5 Å². The summed E-state index contributed by atoms with van der Waals surface area (Å²) in [6.07, 6.45) is 6.55. The fourth-order valence-electron chi connectivity index (χ4n) is 2.53. The van der Waals surface area contributed by atoms with Crippen LogP contribution >= 0.6 is 11.3 Å². The zero-order chi connectivity index (χ0) is 11.9. The molecule has 2 rings (SSSR count). The number of nitrogens with one attached hydrogen (secondary N) is 2. The minimum Gasteiger partial charge on any atom is -0.314 e. The highest BCUT2D eigenvalue weighted by Gasteiger charge is 2.15. The molecule has 1 aliphatic heterocycles. The van der Waals surface area contributed by atoms with Gasteiger partial charge >= 0.3 is 0 Å². The normalized spacial score (nSPS) is 22.5. The van der Waals surface area contributed by atoms with E-state index in [-0.39, 0.29) is 0 Å². The Hall–Kier alpha value is -0.380. The molecule has 1 fully saturated rings. The number of thiophene rings is 1. The highest BCUT2D eigenvalue weighted by Crippen LogP contribution is 2.12. The van der Waals surface area contributed by atoms with Crippen molar-refractivity contribution in [3.63, 3.8) is 0 Å². The molecule has 2 nitrogen and oxygen atoms in total. The molecule has 0 aliphatic carbocycles. The average molecular weight is 252 g/mol. The minimum atomic E-state index is 0.630. The lowest BCUT2D eigenvalue weighted by Gasteiger charge is -2.26. The van der Waals surface area contributed by atoms with Gasteiger partial charge in [-0.05, 0) is 50.6 Å². The third-order valence-corrected chi connectivity index (χ3v) is 4.43. The molecule has 1 aliphatic rings. The summed E-state index contributed by atoms with van der Waals surface area (Å²) in [5.41, 5.74) is 0. The van der Waals surface area contributed by atoms with Crippen LogP contribution in [0.4, 0.5) is 0 Å². The van der Waals surface area contributed by atoms with Crippen LogP contribution in [0, 0.1) is 0 Å². The fourth-order valence-corrected chi connectivity index (χ4v) is 3.24. The van der Waals surface area contributed by atoms with Crippen LogP contribution in [0.3, 0.4) is 0 Å². The van der Waals surface area contributed by atoms with Crippen LogP contribution in [0.2, 0.25) is 0 Å². The molecule has 0 amide bonds. The summed E-state index contributed by atoms with van der Waals surface area (Å²) in [7, 11) is 0. The topological polar surface area (TPSA) is 24.1 Å². The Morgan fingerprint density at radius 3 is 3.18 bits per heavy atom. The lowest BCUT2D eigenvalue weighted by molar-refractivity contribution is 0.346. The SMILES string of the molecule is CC(CC1CCCCN1)NCCc1cccs1. The molecule has 2 N–H and O–H groups in total. The second-order valence-corrected chi connectivity index (χ2v) is 6.10. The van der Waals surface area contributed by atoms with Gasteiger partial charge in [-0.2, -0.15) is 0 Å². The third kappa shape index (κ3) is 4.78. The van der Waals surface area contributed by atoms with Crippen molar-refractivity contribution in [2.75, 3.05) is 13.1 Å². The van der Waals surface area contributed by atoms with Gasteiger partial charge in [-0.3, -0.25) is 0 Å². The van der Waals surface area contributed by atoms with E-state index in [9.17, 15) is 0 Å². The molecular formula is C14H24N2S. The molecule has 1 aromatic rings. The van der Waals surface area contributed by atoms with Crippen molar-refractivity contribution >= 4 is 11.3 Å². The van der Waals surface area contributed by atoms with Crippen LogP contribution < -0.4 is 10.6 Å². The maximum absolute atomic E-state index is 3.63. The molecule has 0 spiro atoms. The van der Waals surface area contributed by atoms with Gasteiger partial charge in [-0.25, -0.2) is 0 Å². The quantitative estimate of drug-likeness (QED) is 0.813. The standard InChI is InChI=1S/C14H24N2S/c1-12(11-13-5-2-3-8-16-13)15-9-7-14-6-4-10-17-14/h4,6,10,12-13,15-16H,2-3,5,7-9,11H2,1H3. The number of hydrogen-bond donors (Lipinski definition) is 2. The minimum absolute atomic E-state index is 0.630. The molecule has 1 aromatic heterocycles. The second kappa shape index (κ2) is 7.14. The molecule has 1 saturated heterocycles. The molecular weight excluding hydrogens is 228 g/mol. The first-order valence-corrected chi connectivity index (χ1v) is 7.71. The lowest BCUT2D eigenvalue weighted by Crippen LogP contribution is -2.40. The first-order chi connectivity index (χ1) is 8.34. The van der Waals surface area contributed by atoms with Gasteiger partial charge in [0, 0.05) is 23.5 Å². The molecule has 2 heterocycles. The van der Waals surface area contributed by atoms with E-state index in [1.54, 1.807) is 0 Å². The fraction of sp³-hybridized carbons (Fsp3) is 0.714. The van der Waals surface area contributed by atoms with E-state index in [2.05, 4.69) is 35.1 Å². The summed E-state index contributed by atoms with van der Waals surface area (Å²) in [4.78, 5) is 1.49. The molecule has 0 aromatic carbocycles. The number of hydrogen-bond acceptors (Lipinski definition) is 3. The lowest BCUT2D eigenvalue weighted by atomic mass is 9.99. The summed E-state index contributed by atoms with van der Waals surface area (Å²) in [5.74, 6) is 0. The van der Waals surface area contributed by atoms with Crippen molar-refractivity contribution < 1.29 is 0 Å². The summed E-state index contributed by atoms with van der Waals surface area (Å²) in [6.45, 7) is 4.63. The number of piperidine rings is 1. The van der Waals surface area contributed by atoms with Gasteiger partial charge in [0.2, 0.25) is 0 Å². The largest absolute Gasteiger partial charge is 0.314 e. The van der Waals surface area contributed by atoms with E-state index in [0.29, 0.717) is 6.04 Å². The third-order valence-electron chi connectivity index (χ3n) is 3.49. The zero-order valence-electron chi connectivity index (χ0n) is 10.7.